The zero-order chi connectivity index (χ0) is 17.5. The van der Waals surface area contributed by atoms with Gasteiger partial charge in [-0.25, -0.2) is 4.79 Å². The van der Waals surface area contributed by atoms with Gasteiger partial charge in [0.15, 0.2) is 0 Å². The molecule has 1 amide bonds. The van der Waals surface area contributed by atoms with Crippen molar-refractivity contribution in [3.8, 4) is 11.8 Å². The lowest BCUT2D eigenvalue weighted by atomic mass is 10.1. The van der Waals surface area contributed by atoms with Crippen molar-refractivity contribution in [2.24, 2.45) is 0 Å². The van der Waals surface area contributed by atoms with E-state index in [-0.39, 0.29) is 11.9 Å². The van der Waals surface area contributed by atoms with Crippen LogP contribution in [-0.2, 0) is 9.53 Å². The van der Waals surface area contributed by atoms with Gasteiger partial charge in [0.05, 0.1) is 18.4 Å². The summed E-state index contributed by atoms with van der Waals surface area (Å²) in [6, 6.07) is 14.4. The number of amides is 1. The topological polar surface area (TPSA) is 46.6 Å². The van der Waals surface area contributed by atoms with Gasteiger partial charge in [-0.2, -0.15) is 0 Å². The molecule has 0 spiro atoms. The zero-order valence-electron chi connectivity index (χ0n) is 14.0. The molecule has 0 unspecified atom stereocenters. The number of rotatable bonds is 3. The van der Waals surface area contributed by atoms with E-state index in [1.54, 1.807) is 36.2 Å². The van der Waals surface area contributed by atoms with E-state index in [4.69, 9.17) is 0 Å². The Kier molecular flexibility index (Phi) is 5.75. The summed E-state index contributed by atoms with van der Waals surface area (Å²) in [7, 11) is 3.10. The summed E-state index contributed by atoms with van der Waals surface area (Å²) in [6.45, 7) is 1.83. The molecule has 0 aromatic heterocycles. The molecule has 24 heavy (non-hydrogen) atoms. The van der Waals surface area contributed by atoms with E-state index in [0.717, 1.165) is 16.8 Å². The second-order valence-electron chi connectivity index (χ2n) is 5.14. The quantitative estimate of drug-likeness (QED) is 0.644. The molecule has 0 saturated carbocycles. The molecule has 0 heterocycles. The highest BCUT2D eigenvalue weighted by atomic mass is 16.5. The third-order valence-corrected chi connectivity index (χ3v) is 3.59. The lowest BCUT2D eigenvalue weighted by Crippen LogP contribution is -2.25. The van der Waals surface area contributed by atoms with Crippen molar-refractivity contribution in [2.75, 3.05) is 19.1 Å². The van der Waals surface area contributed by atoms with Crippen molar-refractivity contribution >= 4 is 17.6 Å². The first-order valence-electron chi connectivity index (χ1n) is 7.62. The molecule has 0 saturated heterocycles. The molecule has 0 aliphatic heterocycles. The Morgan fingerprint density at radius 1 is 1.04 bits per heavy atom. The van der Waals surface area contributed by atoms with Crippen LogP contribution in [-0.4, -0.2) is 26.0 Å². The summed E-state index contributed by atoms with van der Waals surface area (Å²) in [5, 5.41) is 0. The Balaban J connectivity index is 2.28. The van der Waals surface area contributed by atoms with Crippen LogP contribution in [0.2, 0.25) is 0 Å². The number of benzene rings is 2. The number of esters is 1. The van der Waals surface area contributed by atoms with Crippen molar-refractivity contribution in [1.82, 2.24) is 0 Å². The Bertz CT molecular complexity index is 798. The molecule has 122 valence electrons. The summed E-state index contributed by atoms with van der Waals surface area (Å²) in [5.74, 6) is 5.81. The van der Waals surface area contributed by atoms with Crippen LogP contribution < -0.4 is 4.90 Å². The smallest absolute Gasteiger partial charge is 0.337 e. The third kappa shape index (κ3) is 4.02. The first-order valence-corrected chi connectivity index (χ1v) is 7.62. The summed E-state index contributed by atoms with van der Waals surface area (Å²) in [6.07, 6.45) is 0.438. The molecule has 4 heteroatoms. The maximum absolute atomic E-state index is 11.9. The van der Waals surface area contributed by atoms with E-state index in [1.165, 1.54) is 7.11 Å². The minimum Gasteiger partial charge on any atom is -0.465 e. The summed E-state index contributed by atoms with van der Waals surface area (Å²) >= 11 is 0. The number of carbonyl (C=O) groups excluding carboxylic acids is 2. The second-order valence-corrected chi connectivity index (χ2v) is 5.14. The van der Waals surface area contributed by atoms with Crippen LogP contribution in [0.3, 0.4) is 0 Å². The number of hydrogen-bond acceptors (Lipinski definition) is 3. The molecule has 0 radical (unpaired) electrons. The van der Waals surface area contributed by atoms with Gasteiger partial charge in [0.2, 0.25) is 5.91 Å². The van der Waals surface area contributed by atoms with Gasteiger partial charge in [0.1, 0.15) is 0 Å². The van der Waals surface area contributed by atoms with E-state index in [1.807, 2.05) is 31.2 Å². The van der Waals surface area contributed by atoms with Crippen molar-refractivity contribution in [3.63, 3.8) is 0 Å². The molecule has 2 rings (SSSR count). The Hall–Kier alpha value is -3.06. The molecule has 2 aromatic carbocycles. The number of hydrogen-bond donors (Lipinski definition) is 0. The largest absolute Gasteiger partial charge is 0.465 e. The van der Waals surface area contributed by atoms with Gasteiger partial charge < -0.3 is 9.64 Å². The van der Waals surface area contributed by atoms with Gasteiger partial charge in [0.25, 0.3) is 0 Å². The van der Waals surface area contributed by atoms with Crippen LogP contribution in [0.15, 0.2) is 48.5 Å². The van der Waals surface area contributed by atoms with E-state index >= 15 is 0 Å². The minimum atomic E-state index is -0.375. The van der Waals surface area contributed by atoms with Gasteiger partial charge in [-0.1, -0.05) is 30.9 Å². The number of nitrogens with zero attached hydrogens (tertiary/aromatic N) is 1. The van der Waals surface area contributed by atoms with Gasteiger partial charge in [-0.3, -0.25) is 4.79 Å². The summed E-state index contributed by atoms with van der Waals surface area (Å²) in [4.78, 5) is 24.9. The van der Waals surface area contributed by atoms with E-state index in [0.29, 0.717) is 12.0 Å². The van der Waals surface area contributed by atoms with E-state index in [2.05, 4.69) is 16.6 Å². The van der Waals surface area contributed by atoms with Gasteiger partial charge >= 0.3 is 5.97 Å². The standard InChI is InChI=1S/C20H19NO3/c1-4-19(22)21(2)18-8-6-5-7-16(18)12-9-15-10-13-17(14-11-15)20(23)24-3/h5-8,10-11,13-14H,4H2,1-3H3. The van der Waals surface area contributed by atoms with Crippen molar-refractivity contribution in [2.45, 2.75) is 13.3 Å². The van der Waals surface area contributed by atoms with Crippen LogP contribution in [0.4, 0.5) is 5.69 Å². The van der Waals surface area contributed by atoms with Gasteiger partial charge in [0, 0.05) is 24.6 Å². The van der Waals surface area contributed by atoms with Crippen LogP contribution in [0.1, 0.15) is 34.8 Å². The molecule has 0 fully saturated rings. The van der Waals surface area contributed by atoms with Gasteiger partial charge in [-0.15, -0.1) is 0 Å². The average Bonchev–Trinajstić information content (AvgIpc) is 2.65. The maximum atomic E-state index is 11.9. The first kappa shape index (κ1) is 17.3. The Labute approximate surface area is 142 Å². The highest BCUT2D eigenvalue weighted by molar-refractivity contribution is 5.94. The fourth-order valence-corrected chi connectivity index (χ4v) is 2.19. The number of ether oxygens (including phenoxy) is 1. The molecule has 0 atom stereocenters. The molecule has 0 bridgehead atoms. The molecular weight excluding hydrogens is 302 g/mol. The molecule has 4 nitrogen and oxygen atoms in total. The van der Waals surface area contributed by atoms with Gasteiger partial charge in [-0.05, 0) is 36.4 Å². The van der Waals surface area contributed by atoms with E-state index in [9.17, 15) is 9.59 Å². The number of para-hydroxylation sites is 1. The molecule has 0 N–H and O–H groups in total. The van der Waals surface area contributed by atoms with Crippen molar-refractivity contribution in [1.29, 1.82) is 0 Å². The maximum Gasteiger partial charge on any atom is 0.337 e. The number of anilines is 1. The lowest BCUT2D eigenvalue weighted by molar-refractivity contribution is -0.118. The number of methoxy groups -OCH3 is 1. The van der Waals surface area contributed by atoms with Crippen LogP contribution in [0.5, 0.6) is 0 Å². The lowest BCUT2D eigenvalue weighted by Gasteiger charge is -2.17. The molecule has 2 aromatic rings. The third-order valence-electron chi connectivity index (χ3n) is 3.59. The Morgan fingerprint density at radius 3 is 2.33 bits per heavy atom. The SMILES string of the molecule is CCC(=O)N(C)c1ccccc1C#Cc1ccc(C(=O)OC)cc1. The van der Waals surface area contributed by atoms with Crippen molar-refractivity contribution in [3.05, 3.63) is 65.2 Å². The summed E-state index contributed by atoms with van der Waals surface area (Å²) in [5.41, 5.74) is 2.82. The van der Waals surface area contributed by atoms with Crippen LogP contribution in [0.25, 0.3) is 0 Å². The normalized spacial score (nSPS) is 9.62. The predicted octanol–water partition coefficient (Wildman–Crippen LogP) is 3.25. The molecular formula is C20H19NO3. The Morgan fingerprint density at radius 2 is 1.71 bits per heavy atom. The van der Waals surface area contributed by atoms with Crippen LogP contribution >= 0.6 is 0 Å². The highest BCUT2D eigenvalue weighted by Crippen LogP contribution is 2.19. The zero-order valence-corrected chi connectivity index (χ0v) is 14.0. The predicted molar refractivity (Wildman–Crippen MR) is 93.9 cm³/mol. The molecule has 0 aliphatic rings. The first-order chi connectivity index (χ1) is 11.6. The van der Waals surface area contributed by atoms with E-state index < -0.39 is 0 Å². The second kappa shape index (κ2) is 7.98. The fourth-order valence-electron chi connectivity index (χ4n) is 2.19. The van der Waals surface area contributed by atoms with Crippen molar-refractivity contribution < 1.29 is 14.3 Å². The highest BCUT2D eigenvalue weighted by Gasteiger charge is 2.11. The number of carbonyl (C=O) groups is 2. The molecule has 0 aliphatic carbocycles. The monoisotopic (exact) mass is 321 g/mol. The fraction of sp³-hybridized carbons (Fsp3) is 0.200. The average molecular weight is 321 g/mol. The minimum absolute atomic E-state index is 0.0340. The summed E-state index contributed by atoms with van der Waals surface area (Å²) < 4.78 is 4.67. The van der Waals surface area contributed by atoms with Crippen LogP contribution in [0, 0.1) is 11.8 Å².